The van der Waals surface area contributed by atoms with Crippen molar-refractivity contribution < 1.29 is 4.79 Å². The number of hydrogen-bond donors (Lipinski definition) is 1. The van der Waals surface area contributed by atoms with Crippen LogP contribution >= 0.6 is 15.9 Å². The summed E-state index contributed by atoms with van der Waals surface area (Å²) in [6.07, 6.45) is 1.85. The molecule has 0 saturated heterocycles. The molecule has 0 saturated carbocycles. The van der Waals surface area contributed by atoms with E-state index in [1.165, 1.54) is 5.56 Å². The molecule has 0 atom stereocenters. The van der Waals surface area contributed by atoms with E-state index in [0.29, 0.717) is 5.56 Å². The van der Waals surface area contributed by atoms with Crippen LogP contribution in [0.1, 0.15) is 36.2 Å². The second kappa shape index (κ2) is 6.90. The lowest BCUT2D eigenvalue weighted by Crippen LogP contribution is -2.43. The van der Waals surface area contributed by atoms with Crippen LogP contribution in [0.25, 0.3) is 0 Å². The van der Waals surface area contributed by atoms with E-state index in [9.17, 15) is 4.79 Å². The van der Waals surface area contributed by atoms with Crippen LogP contribution in [-0.4, -0.2) is 11.4 Å². The number of nitrogens with one attached hydrogen (secondary N) is 1. The van der Waals surface area contributed by atoms with Gasteiger partial charge in [0.15, 0.2) is 0 Å². The number of amides is 1. The molecule has 0 radical (unpaired) electrons. The van der Waals surface area contributed by atoms with Crippen molar-refractivity contribution in [1.29, 1.82) is 0 Å². The van der Waals surface area contributed by atoms with Gasteiger partial charge in [0.2, 0.25) is 0 Å². The molecule has 2 rings (SSSR count). The van der Waals surface area contributed by atoms with Gasteiger partial charge < -0.3 is 5.32 Å². The Morgan fingerprint density at radius 2 is 1.81 bits per heavy atom. The molecule has 0 aliphatic carbocycles. The minimum atomic E-state index is -0.241. The zero-order valence-electron chi connectivity index (χ0n) is 12.4. The molecule has 2 aromatic carbocycles. The minimum absolute atomic E-state index is 0.0330. The van der Waals surface area contributed by atoms with Gasteiger partial charge in [-0.3, -0.25) is 4.79 Å². The van der Waals surface area contributed by atoms with Crippen LogP contribution in [0.2, 0.25) is 0 Å². The van der Waals surface area contributed by atoms with Crippen molar-refractivity contribution in [2.24, 2.45) is 0 Å². The Morgan fingerprint density at radius 1 is 1.10 bits per heavy atom. The topological polar surface area (TPSA) is 29.1 Å². The summed E-state index contributed by atoms with van der Waals surface area (Å²) in [4.78, 5) is 12.3. The summed E-state index contributed by atoms with van der Waals surface area (Å²) in [6.45, 7) is 4.12. The Labute approximate surface area is 134 Å². The standard InChI is InChI=1S/C18H20BrNO/c1-18(2,12-11-14-7-4-3-5-8-14)20-17(21)15-9-6-10-16(19)13-15/h3-10,13H,11-12H2,1-2H3,(H,20,21). The molecule has 110 valence electrons. The van der Waals surface area contributed by atoms with Crippen LogP contribution in [0.5, 0.6) is 0 Å². The first kappa shape index (κ1) is 15.8. The Kier molecular flexibility index (Phi) is 5.18. The summed E-state index contributed by atoms with van der Waals surface area (Å²) >= 11 is 3.39. The van der Waals surface area contributed by atoms with E-state index >= 15 is 0 Å². The number of benzene rings is 2. The second-order valence-electron chi connectivity index (χ2n) is 5.83. The van der Waals surface area contributed by atoms with Gasteiger partial charge in [0.05, 0.1) is 0 Å². The number of aryl methyl sites for hydroxylation is 1. The van der Waals surface area contributed by atoms with Crippen LogP contribution in [0.4, 0.5) is 0 Å². The molecule has 0 fully saturated rings. The highest BCUT2D eigenvalue weighted by Gasteiger charge is 2.21. The number of carbonyl (C=O) groups excluding carboxylic acids is 1. The molecule has 0 aromatic heterocycles. The highest BCUT2D eigenvalue weighted by molar-refractivity contribution is 9.10. The van der Waals surface area contributed by atoms with Crippen molar-refractivity contribution in [1.82, 2.24) is 5.32 Å². The summed E-state index contributed by atoms with van der Waals surface area (Å²) in [5.74, 6) is -0.0330. The molecule has 1 N–H and O–H groups in total. The summed E-state index contributed by atoms with van der Waals surface area (Å²) < 4.78 is 0.914. The SMILES string of the molecule is CC(C)(CCc1ccccc1)NC(=O)c1cccc(Br)c1. The third kappa shape index (κ3) is 5.01. The lowest BCUT2D eigenvalue weighted by atomic mass is 9.95. The molecule has 0 aliphatic heterocycles. The average Bonchev–Trinajstić information content (AvgIpc) is 2.46. The van der Waals surface area contributed by atoms with E-state index < -0.39 is 0 Å². The maximum Gasteiger partial charge on any atom is 0.251 e. The lowest BCUT2D eigenvalue weighted by Gasteiger charge is -2.26. The van der Waals surface area contributed by atoms with Gasteiger partial charge in [-0.25, -0.2) is 0 Å². The summed E-state index contributed by atoms with van der Waals surface area (Å²) in [5.41, 5.74) is 1.73. The van der Waals surface area contributed by atoms with Crippen LogP contribution in [0.15, 0.2) is 59.1 Å². The molecule has 0 heterocycles. The third-order valence-electron chi connectivity index (χ3n) is 3.42. The summed E-state index contributed by atoms with van der Waals surface area (Å²) in [5, 5.41) is 3.11. The lowest BCUT2D eigenvalue weighted by molar-refractivity contribution is 0.0909. The van der Waals surface area contributed by atoms with Gasteiger partial charge in [0.25, 0.3) is 5.91 Å². The monoisotopic (exact) mass is 345 g/mol. The van der Waals surface area contributed by atoms with E-state index in [0.717, 1.165) is 17.3 Å². The maximum absolute atomic E-state index is 12.3. The predicted molar refractivity (Wildman–Crippen MR) is 90.5 cm³/mol. The summed E-state index contributed by atoms with van der Waals surface area (Å²) in [7, 11) is 0. The smallest absolute Gasteiger partial charge is 0.251 e. The third-order valence-corrected chi connectivity index (χ3v) is 3.91. The molecule has 0 bridgehead atoms. The first-order chi connectivity index (χ1) is 9.96. The molecule has 2 nitrogen and oxygen atoms in total. The highest BCUT2D eigenvalue weighted by Crippen LogP contribution is 2.16. The fraction of sp³-hybridized carbons (Fsp3) is 0.278. The molecule has 0 aliphatic rings. The van der Waals surface area contributed by atoms with Gasteiger partial charge >= 0.3 is 0 Å². The van der Waals surface area contributed by atoms with Gasteiger partial charge in [-0.05, 0) is 50.5 Å². The molecule has 0 unspecified atom stereocenters. The molecular formula is C18H20BrNO. The normalized spacial score (nSPS) is 11.2. The highest BCUT2D eigenvalue weighted by atomic mass is 79.9. The van der Waals surface area contributed by atoms with Gasteiger partial charge in [0.1, 0.15) is 0 Å². The molecule has 3 heteroatoms. The van der Waals surface area contributed by atoms with Gasteiger partial charge in [-0.2, -0.15) is 0 Å². The van der Waals surface area contributed by atoms with E-state index in [1.807, 2.05) is 42.5 Å². The molecule has 2 aromatic rings. The van der Waals surface area contributed by atoms with E-state index in [1.54, 1.807) is 0 Å². The van der Waals surface area contributed by atoms with Gasteiger partial charge in [0, 0.05) is 15.6 Å². The van der Waals surface area contributed by atoms with Crippen LogP contribution < -0.4 is 5.32 Å². The number of hydrogen-bond acceptors (Lipinski definition) is 1. The van der Waals surface area contributed by atoms with Crippen molar-refractivity contribution in [3.05, 3.63) is 70.2 Å². The zero-order chi connectivity index (χ0) is 15.3. The Balaban J connectivity index is 1.95. The first-order valence-electron chi connectivity index (χ1n) is 7.08. The zero-order valence-corrected chi connectivity index (χ0v) is 14.0. The van der Waals surface area contributed by atoms with Crippen molar-refractivity contribution in [3.63, 3.8) is 0 Å². The molecule has 1 amide bonds. The van der Waals surface area contributed by atoms with Gasteiger partial charge in [-0.1, -0.05) is 52.3 Å². The van der Waals surface area contributed by atoms with Crippen LogP contribution in [0.3, 0.4) is 0 Å². The van der Waals surface area contributed by atoms with Crippen molar-refractivity contribution in [2.75, 3.05) is 0 Å². The number of rotatable bonds is 5. The van der Waals surface area contributed by atoms with Crippen molar-refractivity contribution in [3.8, 4) is 0 Å². The van der Waals surface area contributed by atoms with E-state index in [4.69, 9.17) is 0 Å². The fourth-order valence-corrected chi connectivity index (χ4v) is 2.57. The quantitative estimate of drug-likeness (QED) is 0.843. The first-order valence-corrected chi connectivity index (χ1v) is 7.88. The number of halogens is 1. The second-order valence-corrected chi connectivity index (χ2v) is 6.75. The predicted octanol–water partition coefficient (Wildman–Crippen LogP) is 4.59. The summed E-state index contributed by atoms with van der Waals surface area (Å²) in [6, 6.07) is 17.8. The largest absolute Gasteiger partial charge is 0.347 e. The Morgan fingerprint density at radius 3 is 2.48 bits per heavy atom. The fourth-order valence-electron chi connectivity index (χ4n) is 2.17. The minimum Gasteiger partial charge on any atom is -0.347 e. The Hall–Kier alpha value is -1.61. The van der Waals surface area contributed by atoms with Gasteiger partial charge in [-0.15, -0.1) is 0 Å². The molecule has 21 heavy (non-hydrogen) atoms. The van der Waals surface area contributed by atoms with E-state index in [-0.39, 0.29) is 11.4 Å². The molecular weight excluding hydrogens is 326 g/mol. The van der Waals surface area contributed by atoms with Crippen LogP contribution in [-0.2, 0) is 6.42 Å². The molecule has 0 spiro atoms. The Bertz CT molecular complexity index is 608. The van der Waals surface area contributed by atoms with Crippen molar-refractivity contribution >= 4 is 21.8 Å². The van der Waals surface area contributed by atoms with Crippen molar-refractivity contribution in [2.45, 2.75) is 32.2 Å². The van der Waals surface area contributed by atoms with Crippen LogP contribution in [0, 0.1) is 0 Å². The number of carbonyl (C=O) groups is 1. The average molecular weight is 346 g/mol. The maximum atomic E-state index is 12.3. The van der Waals surface area contributed by atoms with E-state index in [2.05, 4.69) is 47.2 Å².